The fraction of sp³-hybridized carbons (Fsp3) is 0.400. The molecule has 1 aromatic rings. The smallest absolute Gasteiger partial charge is 0.308 e. The molecule has 1 saturated heterocycles. The number of esters is 1. The Hall–Kier alpha value is -3.03. The number of hydrogen-bond donors (Lipinski definition) is 0. The predicted molar refractivity (Wildman–Crippen MR) is 94.9 cm³/mol. The molecule has 0 radical (unpaired) electrons. The molecule has 0 spiro atoms. The first-order valence-corrected chi connectivity index (χ1v) is 8.95. The quantitative estimate of drug-likeness (QED) is 0.306. The number of benzene rings is 1. The number of nitrogens with zero attached hydrogens (tertiary/aromatic N) is 1. The summed E-state index contributed by atoms with van der Waals surface area (Å²) >= 11 is 0. The van der Waals surface area contributed by atoms with Crippen LogP contribution in [0.4, 0.5) is 4.39 Å². The van der Waals surface area contributed by atoms with E-state index >= 15 is 0 Å². The maximum Gasteiger partial charge on any atom is 0.308 e. The minimum Gasteiger partial charge on any atom is -0.494 e. The third-order valence-electron chi connectivity index (χ3n) is 4.98. The summed E-state index contributed by atoms with van der Waals surface area (Å²) in [6.45, 7) is -0.628. The van der Waals surface area contributed by atoms with Crippen molar-refractivity contribution in [2.24, 2.45) is 11.8 Å². The van der Waals surface area contributed by atoms with Crippen LogP contribution in [0.1, 0.15) is 29.6 Å². The van der Waals surface area contributed by atoms with Crippen LogP contribution >= 0.6 is 0 Å². The molecule has 0 N–H and O–H groups in total. The summed E-state index contributed by atoms with van der Waals surface area (Å²) in [5, 5.41) is 0. The summed E-state index contributed by atoms with van der Waals surface area (Å²) in [6.07, 6.45) is 4.64. The monoisotopic (exact) mass is 389 g/mol. The lowest BCUT2D eigenvalue weighted by Gasteiger charge is -2.14. The molecule has 1 aromatic carbocycles. The van der Waals surface area contributed by atoms with E-state index in [1.807, 2.05) is 12.2 Å². The summed E-state index contributed by atoms with van der Waals surface area (Å²) in [7, 11) is 1.31. The van der Waals surface area contributed by atoms with Crippen molar-refractivity contribution in [3.8, 4) is 5.75 Å². The van der Waals surface area contributed by atoms with Gasteiger partial charge in [-0.3, -0.25) is 24.1 Å². The highest BCUT2D eigenvalue weighted by Gasteiger charge is 2.46. The number of hydrogen-bond acceptors (Lipinski definition) is 6. The van der Waals surface area contributed by atoms with E-state index < -0.39 is 24.2 Å². The molecule has 0 aromatic heterocycles. The van der Waals surface area contributed by atoms with E-state index in [1.54, 1.807) is 0 Å². The standard InChI is InChI=1S/C20H20FNO6/c1-27-17-7-6-12(10-15(17)21)16(23)11-28-18(24)8-9-22-19(25)13-4-2-3-5-14(13)20(22)26/h2-3,6-7,10,13-14H,4-5,8-9,11H2,1H3/t13-,14+. The fourth-order valence-corrected chi connectivity index (χ4v) is 3.43. The topological polar surface area (TPSA) is 90.0 Å². The van der Waals surface area contributed by atoms with Crippen molar-refractivity contribution in [1.29, 1.82) is 0 Å². The lowest BCUT2D eigenvalue weighted by molar-refractivity contribution is -0.145. The summed E-state index contributed by atoms with van der Waals surface area (Å²) in [5.41, 5.74) is 0.0487. The molecule has 0 bridgehead atoms. The Morgan fingerprint density at radius 3 is 2.36 bits per heavy atom. The number of amides is 2. The van der Waals surface area contributed by atoms with Crippen LogP contribution in [0.5, 0.6) is 5.75 Å². The molecule has 0 saturated carbocycles. The number of likely N-dealkylation sites (tertiary alicyclic amines) is 1. The maximum absolute atomic E-state index is 13.6. The zero-order valence-corrected chi connectivity index (χ0v) is 15.4. The summed E-state index contributed by atoms with van der Waals surface area (Å²) < 4.78 is 23.3. The number of methoxy groups -OCH3 is 1. The predicted octanol–water partition coefficient (Wildman–Crippen LogP) is 1.90. The molecule has 28 heavy (non-hydrogen) atoms. The Morgan fingerprint density at radius 2 is 1.79 bits per heavy atom. The third-order valence-corrected chi connectivity index (χ3v) is 4.98. The molecule has 1 aliphatic carbocycles. The van der Waals surface area contributed by atoms with Crippen molar-refractivity contribution in [3.05, 3.63) is 41.7 Å². The summed E-state index contributed by atoms with van der Waals surface area (Å²) in [6, 6.07) is 3.69. The average Bonchev–Trinajstić information content (AvgIpc) is 2.95. The van der Waals surface area contributed by atoms with E-state index in [2.05, 4.69) is 0 Å². The number of rotatable bonds is 7. The molecule has 8 heteroatoms. The highest BCUT2D eigenvalue weighted by Crippen LogP contribution is 2.35. The number of halogens is 1. The van der Waals surface area contributed by atoms with Gasteiger partial charge in [0.15, 0.2) is 24.0 Å². The number of ketones is 1. The number of carbonyl (C=O) groups is 4. The summed E-state index contributed by atoms with van der Waals surface area (Å²) in [5.74, 6) is -3.20. The van der Waals surface area contributed by atoms with Gasteiger partial charge in [0.2, 0.25) is 11.8 Å². The molecule has 1 fully saturated rings. The van der Waals surface area contributed by atoms with E-state index in [0.717, 1.165) is 11.0 Å². The number of imide groups is 1. The van der Waals surface area contributed by atoms with Crippen LogP contribution in [0.2, 0.25) is 0 Å². The second-order valence-corrected chi connectivity index (χ2v) is 6.67. The first-order chi connectivity index (χ1) is 13.4. The highest BCUT2D eigenvalue weighted by atomic mass is 19.1. The Kier molecular flexibility index (Phi) is 5.87. The minimum atomic E-state index is -0.712. The zero-order valence-electron chi connectivity index (χ0n) is 15.4. The molecule has 7 nitrogen and oxygen atoms in total. The van der Waals surface area contributed by atoms with Crippen molar-refractivity contribution < 1.29 is 33.0 Å². The van der Waals surface area contributed by atoms with Gasteiger partial charge in [0.05, 0.1) is 25.4 Å². The van der Waals surface area contributed by atoms with E-state index in [9.17, 15) is 23.6 Å². The van der Waals surface area contributed by atoms with Crippen LogP contribution in [0.15, 0.2) is 30.4 Å². The largest absolute Gasteiger partial charge is 0.494 e. The minimum absolute atomic E-state index is 0.00394. The highest BCUT2D eigenvalue weighted by molar-refractivity contribution is 6.05. The molecular formula is C20H20FNO6. The van der Waals surface area contributed by atoms with Gasteiger partial charge in [-0.1, -0.05) is 12.2 Å². The Balaban J connectivity index is 1.48. The van der Waals surface area contributed by atoms with Crippen molar-refractivity contribution in [3.63, 3.8) is 0 Å². The third kappa shape index (κ3) is 3.95. The van der Waals surface area contributed by atoms with Gasteiger partial charge in [-0.25, -0.2) is 4.39 Å². The number of allylic oxidation sites excluding steroid dienone is 2. The zero-order chi connectivity index (χ0) is 20.3. The summed E-state index contributed by atoms with van der Waals surface area (Å²) in [4.78, 5) is 49.7. The molecule has 3 rings (SSSR count). The van der Waals surface area contributed by atoms with Crippen LogP contribution in [0.3, 0.4) is 0 Å². The van der Waals surface area contributed by atoms with Crippen molar-refractivity contribution >= 4 is 23.6 Å². The van der Waals surface area contributed by atoms with Gasteiger partial charge >= 0.3 is 5.97 Å². The van der Waals surface area contributed by atoms with Gasteiger partial charge in [0, 0.05) is 12.1 Å². The SMILES string of the molecule is COc1ccc(C(=O)COC(=O)CCN2C(=O)[C@H]3CC=CC[C@H]3C2=O)cc1F. The Bertz CT molecular complexity index is 823. The molecule has 2 aliphatic rings. The van der Waals surface area contributed by atoms with Crippen LogP contribution in [0, 0.1) is 17.7 Å². The van der Waals surface area contributed by atoms with Gasteiger partial charge in [-0.15, -0.1) is 0 Å². The van der Waals surface area contributed by atoms with E-state index in [4.69, 9.17) is 9.47 Å². The Labute approximate surface area is 161 Å². The fourth-order valence-electron chi connectivity index (χ4n) is 3.43. The average molecular weight is 389 g/mol. The van der Waals surface area contributed by atoms with Crippen LogP contribution in [-0.2, 0) is 19.1 Å². The van der Waals surface area contributed by atoms with Crippen molar-refractivity contribution in [1.82, 2.24) is 4.90 Å². The number of ether oxygens (including phenoxy) is 2. The number of fused-ring (bicyclic) bond motifs is 1. The molecule has 0 unspecified atom stereocenters. The molecule has 1 aliphatic heterocycles. The number of carbonyl (C=O) groups excluding carboxylic acids is 4. The first-order valence-electron chi connectivity index (χ1n) is 8.95. The molecule has 148 valence electrons. The first kappa shape index (κ1) is 19.7. The van der Waals surface area contributed by atoms with Crippen LogP contribution in [0.25, 0.3) is 0 Å². The van der Waals surface area contributed by atoms with E-state index in [-0.39, 0.29) is 47.9 Å². The van der Waals surface area contributed by atoms with E-state index in [0.29, 0.717) is 12.8 Å². The lowest BCUT2D eigenvalue weighted by Crippen LogP contribution is -2.33. The van der Waals surface area contributed by atoms with Crippen LogP contribution < -0.4 is 4.74 Å². The molecule has 1 heterocycles. The van der Waals surface area contributed by atoms with Gasteiger partial charge in [-0.2, -0.15) is 0 Å². The van der Waals surface area contributed by atoms with Crippen molar-refractivity contribution in [2.75, 3.05) is 20.3 Å². The van der Waals surface area contributed by atoms with Gasteiger partial charge in [-0.05, 0) is 31.0 Å². The van der Waals surface area contributed by atoms with E-state index in [1.165, 1.54) is 19.2 Å². The second kappa shape index (κ2) is 8.33. The molecular weight excluding hydrogens is 369 g/mol. The lowest BCUT2D eigenvalue weighted by atomic mass is 9.85. The maximum atomic E-state index is 13.6. The van der Waals surface area contributed by atoms with Gasteiger partial charge in [0.1, 0.15) is 0 Å². The molecule has 2 amide bonds. The van der Waals surface area contributed by atoms with Crippen molar-refractivity contribution in [2.45, 2.75) is 19.3 Å². The molecule has 2 atom stereocenters. The Morgan fingerprint density at radius 1 is 1.14 bits per heavy atom. The van der Waals surface area contributed by atoms with Gasteiger partial charge < -0.3 is 9.47 Å². The van der Waals surface area contributed by atoms with Gasteiger partial charge in [0.25, 0.3) is 0 Å². The normalized spacial score (nSPS) is 20.9. The second-order valence-electron chi connectivity index (χ2n) is 6.67. The number of Topliss-reactive ketones (excluding diaryl/α,β-unsaturated/α-hetero) is 1. The van der Waals surface area contributed by atoms with Crippen LogP contribution in [-0.4, -0.2) is 48.7 Å².